The zero-order valence-electron chi connectivity index (χ0n) is 29.7. The number of nitrogens with zero attached hydrogens (tertiary/aromatic N) is 4. The zero-order chi connectivity index (χ0) is 36.6. The molecule has 4 nitrogen and oxygen atoms in total. The minimum absolute atomic E-state index is 0.695. The van der Waals surface area contributed by atoms with Crippen LogP contribution < -0.4 is 0 Å². The first-order valence-electron chi connectivity index (χ1n) is 18.3. The second kappa shape index (κ2) is 14.0. The maximum Gasteiger partial charge on any atom is 0.160 e. The fourth-order valence-electron chi connectivity index (χ4n) is 7.23. The first kappa shape index (κ1) is 32.6. The summed E-state index contributed by atoms with van der Waals surface area (Å²) in [6.45, 7) is 0. The smallest absolute Gasteiger partial charge is 0.160 e. The summed E-state index contributed by atoms with van der Waals surface area (Å²) < 4.78 is 2.37. The quantitative estimate of drug-likeness (QED) is 0.164. The second-order valence-corrected chi connectivity index (χ2v) is 14.5. The number of aromatic nitrogens is 4. The van der Waals surface area contributed by atoms with Gasteiger partial charge in [0.15, 0.2) is 11.6 Å². The van der Waals surface area contributed by atoms with Crippen molar-refractivity contribution in [2.45, 2.75) is 0 Å². The van der Waals surface area contributed by atoms with Crippen LogP contribution >= 0.6 is 11.3 Å². The Balaban J connectivity index is 1.15. The molecule has 0 saturated heterocycles. The number of benzene rings is 7. The lowest BCUT2D eigenvalue weighted by Crippen LogP contribution is -1.96. The third-order valence-electron chi connectivity index (χ3n) is 9.95. The van der Waals surface area contributed by atoms with Crippen molar-refractivity contribution >= 4 is 31.5 Å². The number of hydrogen-bond donors (Lipinski definition) is 0. The molecule has 10 rings (SSSR count). The Kier molecular flexibility index (Phi) is 8.32. The molecular formula is C50H32N4S. The van der Waals surface area contributed by atoms with E-state index < -0.39 is 0 Å². The molecule has 10 aromatic rings. The van der Waals surface area contributed by atoms with E-state index in [4.69, 9.17) is 19.9 Å². The molecule has 3 heterocycles. The van der Waals surface area contributed by atoms with E-state index in [0.29, 0.717) is 11.6 Å². The summed E-state index contributed by atoms with van der Waals surface area (Å²) in [6, 6.07) is 67.2. The van der Waals surface area contributed by atoms with E-state index in [1.54, 1.807) is 11.3 Å². The van der Waals surface area contributed by atoms with Crippen LogP contribution in [0.4, 0.5) is 0 Å². The van der Waals surface area contributed by atoms with Gasteiger partial charge in [0, 0.05) is 53.6 Å². The van der Waals surface area contributed by atoms with Gasteiger partial charge in [-0.25, -0.2) is 19.9 Å². The third kappa shape index (κ3) is 6.27. The highest BCUT2D eigenvalue weighted by molar-refractivity contribution is 7.26. The summed E-state index contributed by atoms with van der Waals surface area (Å²) >= 11 is 1.79. The Hall–Kier alpha value is -7.08. The van der Waals surface area contributed by atoms with Gasteiger partial charge in [0.1, 0.15) is 0 Å². The van der Waals surface area contributed by atoms with Crippen LogP contribution in [0.15, 0.2) is 194 Å². The normalized spacial score (nSPS) is 11.3. The molecule has 0 aliphatic carbocycles. The monoisotopic (exact) mass is 720 g/mol. The van der Waals surface area contributed by atoms with Gasteiger partial charge in [0.05, 0.1) is 22.8 Å². The van der Waals surface area contributed by atoms with Crippen molar-refractivity contribution in [3.8, 4) is 78.9 Å². The van der Waals surface area contributed by atoms with Crippen molar-refractivity contribution in [1.82, 2.24) is 19.9 Å². The predicted molar refractivity (Wildman–Crippen MR) is 229 cm³/mol. The van der Waals surface area contributed by atoms with Crippen molar-refractivity contribution in [3.05, 3.63) is 194 Å². The first-order chi connectivity index (χ1) is 27.2. The molecule has 258 valence electrons. The average molecular weight is 721 g/mol. The molecule has 0 radical (unpaired) electrons. The van der Waals surface area contributed by atoms with E-state index in [-0.39, 0.29) is 0 Å². The maximum atomic E-state index is 5.24. The number of fused-ring (bicyclic) bond motifs is 3. The Labute approximate surface area is 323 Å². The minimum Gasteiger partial charge on any atom is -0.228 e. The van der Waals surface area contributed by atoms with Crippen LogP contribution in [-0.4, -0.2) is 19.9 Å². The number of hydrogen-bond acceptors (Lipinski definition) is 5. The highest BCUT2D eigenvalue weighted by Crippen LogP contribution is 2.44. The topological polar surface area (TPSA) is 51.6 Å². The van der Waals surface area contributed by atoms with Crippen molar-refractivity contribution in [1.29, 1.82) is 0 Å². The van der Waals surface area contributed by atoms with Crippen LogP contribution in [0.5, 0.6) is 0 Å². The van der Waals surface area contributed by atoms with Crippen molar-refractivity contribution in [2.24, 2.45) is 0 Å². The third-order valence-corrected chi connectivity index (χ3v) is 11.2. The lowest BCUT2D eigenvalue weighted by molar-refractivity contribution is 1.19. The average Bonchev–Trinajstić information content (AvgIpc) is 3.67. The Bertz CT molecular complexity index is 2890. The van der Waals surface area contributed by atoms with Gasteiger partial charge in [0.2, 0.25) is 0 Å². The minimum atomic E-state index is 0.695. The molecule has 0 fully saturated rings. The molecule has 0 atom stereocenters. The summed E-state index contributed by atoms with van der Waals surface area (Å²) in [4.78, 5) is 20.6. The summed E-state index contributed by atoms with van der Waals surface area (Å²) in [7, 11) is 0. The molecule has 55 heavy (non-hydrogen) atoms. The Morgan fingerprint density at radius 1 is 0.309 bits per heavy atom. The predicted octanol–water partition coefficient (Wildman–Crippen LogP) is 13.3. The number of rotatable bonds is 7. The van der Waals surface area contributed by atoms with E-state index in [9.17, 15) is 0 Å². The first-order valence-corrected chi connectivity index (χ1v) is 19.1. The molecule has 0 saturated carbocycles. The maximum absolute atomic E-state index is 5.24. The summed E-state index contributed by atoms with van der Waals surface area (Å²) in [5.74, 6) is 1.40. The fraction of sp³-hybridized carbons (Fsp3) is 0. The van der Waals surface area contributed by atoms with E-state index in [2.05, 4.69) is 146 Å². The van der Waals surface area contributed by atoms with Gasteiger partial charge in [-0.05, 0) is 29.3 Å². The molecule has 7 aromatic carbocycles. The van der Waals surface area contributed by atoms with Gasteiger partial charge in [-0.2, -0.15) is 0 Å². The Morgan fingerprint density at radius 2 is 0.727 bits per heavy atom. The highest BCUT2D eigenvalue weighted by Gasteiger charge is 2.19. The molecule has 0 N–H and O–H groups in total. The van der Waals surface area contributed by atoms with E-state index >= 15 is 0 Å². The molecule has 0 aliphatic heterocycles. The van der Waals surface area contributed by atoms with Crippen molar-refractivity contribution < 1.29 is 0 Å². The Morgan fingerprint density at radius 3 is 1.31 bits per heavy atom. The zero-order valence-corrected chi connectivity index (χ0v) is 30.5. The lowest BCUT2D eigenvalue weighted by Gasteiger charge is -2.11. The van der Waals surface area contributed by atoms with Gasteiger partial charge in [-0.15, -0.1) is 11.3 Å². The van der Waals surface area contributed by atoms with Crippen LogP contribution in [0.2, 0.25) is 0 Å². The van der Waals surface area contributed by atoms with Crippen molar-refractivity contribution in [3.63, 3.8) is 0 Å². The highest BCUT2D eigenvalue weighted by atomic mass is 32.1. The summed E-state index contributed by atoms with van der Waals surface area (Å²) in [5.41, 5.74) is 12.1. The van der Waals surface area contributed by atoms with Gasteiger partial charge in [-0.1, -0.05) is 176 Å². The molecule has 0 unspecified atom stereocenters. The standard InChI is InChI=1S/C50H32N4S/c1-5-15-33(16-6-1)34-27-29-36(30-28-34)43-31-44(53-49(52-43)37-19-9-3-10-20-37)39-23-14-26-46-47(39)41-25-13-24-40(48(41)55-46)45-32-42(35-17-7-2-8-18-35)51-50(54-45)38-21-11-4-12-22-38/h1-32H. The molecule has 0 aliphatic rings. The largest absolute Gasteiger partial charge is 0.228 e. The van der Waals surface area contributed by atoms with E-state index in [0.717, 1.165) is 56.2 Å². The van der Waals surface area contributed by atoms with Crippen molar-refractivity contribution in [2.75, 3.05) is 0 Å². The molecule has 0 spiro atoms. The second-order valence-electron chi connectivity index (χ2n) is 13.4. The van der Waals surface area contributed by atoms with E-state index in [1.165, 1.54) is 31.3 Å². The van der Waals surface area contributed by atoms with E-state index in [1.807, 2.05) is 48.5 Å². The van der Waals surface area contributed by atoms with Crippen LogP contribution in [0, 0.1) is 0 Å². The van der Waals surface area contributed by atoms with Gasteiger partial charge < -0.3 is 0 Å². The summed E-state index contributed by atoms with van der Waals surface area (Å²) in [6.07, 6.45) is 0. The molecule has 0 amide bonds. The van der Waals surface area contributed by atoms with Gasteiger partial charge >= 0.3 is 0 Å². The van der Waals surface area contributed by atoms with Crippen LogP contribution in [0.1, 0.15) is 0 Å². The molecular weight excluding hydrogens is 689 g/mol. The molecule has 0 bridgehead atoms. The summed E-state index contributed by atoms with van der Waals surface area (Å²) in [5, 5.41) is 2.34. The lowest BCUT2D eigenvalue weighted by atomic mass is 9.99. The fourth-order valence-corrected chi connectivity index (χ4v) is 8.49. The van der Waals surface area contributed by atoms with Gasteiger partial charge in [0.25, 0.3) is 0 Å². The van der Waals surface area contributed by atoms with Crippen LogP contribution in [0.25, 0.3) is 99.1 Å². The molecule has 5 heteroatoms. The molecule has 3 aromatic heterocycles. The SMILES string of the molecule is c1ccc(-c2ccc(-c3cc(-c4cccc5sc6c(-c7cc(-c8ccccc8)nc(-c8ccccc8)n7)cccc6c45)nc(-c4ccccc4)n3)cc2)cc1. The van der Waals surface area contributed by atoms with Gasteiger partial charge in [-0.3, -0.25) is 0 Å². The number of thiophene rings is 1. The van der Waals surface area contributed by atoms with Crippen LogP contribution in [-0.2, 0) is 0 Å². The van der Waals surface area contributed by atoms with Crippen LogP contribution in [0.3, 0.4) is 0 Å².